The third-order valence-electron chi connectivity index (χ3n) is 8.87. The molecule has 0 bridgehead atoms. The first-order valence-corrected chi connectivity index (χ1v) is 15.0. The van der Waals surface area contributed by atoms with Gasteiger partial charge in [0.15, 0.2) is 11.5 Å². The van der Waals surface area contributed by atoms with Crippen LogP contribution in [0, 0.1) is 5.92 Å². The van der Waals surface area contributed by atoms with Crippen LogP contribution in [-0.2, 0) is 16.0 Å². The van der Waals surface area contributed by atoms with Crippen LogP contribution in [-0.4, -0.2) is 92.5 Å². The van der Waals surface area contributed by atoms with Gasteiger partial charge in [-0.2, -0.15) is 0 Å². The molecule has 1 fully saturated rings. The molecule has 2 amide bonds. The van der Waals surface area contributed by atoms with Gasteiger partial charge in [0, 0.05) is 35.7 Å². The van der Waals surface area contributed by atoms with Gasteiger partial charge in [0.05, 0.1) is 39.9 Å². The standard InChI is InChI=1S/C33H40N2O9/c1-41-22-8-9-26(42-2)21(16-22)10-12-35(33(40)20-6-4-5-7-20)25-17-24(32(39)34-11-13-36)28-23-14-19(18-37)15-27(43-3)30(23)44-31(28)29(25)38/h8-9,14-18,20,25,28-29,31,36,38H,4-7,10-13H2,1-3H3,(H,34,39). The van der Waals surface area contributed by atoms with Crippen LogP contribution >= 0.6 is 0 Å². The molecule has 44 heavy (non-hydrogen) atoms. The highest BCUT2D eigenvalue weighted by Crippen LogP contribution is 2.51. The molecular weight excluding hydrogens is 568 g/mol. The predicted octanol–water partition coefficient (Wildman–Crippen LogP) is 2.41. The van der Waals surface area contributed by atoms with Gasteiger partial charge in [-0.05, 0) is 61.2 Å². The van der Waals surface area contributed by atoms with Crippen molar-refractivity contribution in [1.29, 1.82) is 0 Å². The summed E-state index contributed by atoms with van der Waals surface area (Å²) >= 11 is 0. The molecule has 11 heteroatoms. The minimum absolute atomic E-state index is 0.0204. The second kappa shape index (κ2) is 13.7. The summed E-state index contributed by atoms with van der Waals surface area (Å²) in [5, 5.41) is 24.1. The van der Waals surface area contributed by atoms with E-state index in [1.807, 2.05) is 12.1 Å². The first kappa shape index (κ1) is 31.3. The number of carbonyl (C=O) groups excluding carboxylic acids is 3. The molecule has 0 aromatic heterocycles. The number of hydrogen-bond acceptors (Lipinski definition) is 9. The third kappa shape index (κ3) is 5.98. The Balaban J connectivity index is 1.57. The van der Waals surface area contributed by atoms with Crippen molar-refractivity contribution >= 4 is 18.1 Å². The number of aldehydes is 1. The fourth-order valence-corrected chi connectivity index (χ4v) is 6.69. The summed E-state index contributed by atoms with van der Waals surface area (Å²) in [5.74, 6) is 0.476. The normalized spacial score (nSPS) is 22.2. The molecule has 3 aliphatic rings. The molecule has 4 atom stereocenters. The summed E-state index contributed by atoms with van der Waals surface area (Å²) in [5.41, 5.74) is 1.99. The molecule has 11 nitrogen and oxygen atoms in total. The van der Waals surface area contributed by atoms with Gasteiger partial charge in [-0.15, -0.1) is 0 Å². The lowest BCUT2D eigenvalue weighted by molar-refractivity contribution is -0.141. The fourth-order valence-electron chi connectivity index (χ4n) is 6.69. The van der Waals surface area contributed by atoms with Crippen molar-refractivity contribution in [2.75, 3.05) is 41.0 Å². The maximum Gasteiger partial charge on any atom is 0.247 e. The molecule has 2 aromatic rings. The molecular formula is C33H40N2O9. The van der Waals surface area contributed by atoms with Gasteiger partial charge in [0.1, 0.15) is 30.0 Å². The van der Waals surface area contributed by atoms with Crippen molar-refractivity contribution in [2.24, 2.45) is 5.92 Å². The third-order valence-corrected chi connectivity index (χ3v) is 8.87. The summed E-state index contributed by atoms with van der Waals surface area (Å²) < 4.78 is 22.8. The van der Waals surface area contributed by atoms with Gasteiger partial charge in [-0.25, -0.2) is 0 Å². The molecule has 1 heterocycles. The number of nitrogens with one attached hydrogen (secondary N) is 1. The predicted molar refractivity (Wildman–Crippen MR) is 160 cm³/mol. The number of carbonyl (C=O) groups is 3. The lowest BCUT2D eigenvalue weighted by Gasteiger charge is -2.41. The maximum atomic E-state index is 14.1. The second-order valence-electron chi connectivity index (χ2n) is 11.3. The van der Waals surface area contributed by atoms with Gasteiger partial charge in [0.2, 0.25) is 11.8 Å². The zero-order valence-corrected chi connectivity index (χ0v) is 25.3. The molecule has 2 aromatic carbocycles. The molecule has 0 radical (unpaired) electrons. The van der Waals surface area contributed by atoms with Crippen LogP contribution < -0.4 is 24.3 Å². The number of amides is 2. The van der Waals surface area contributed by atoms with E-state index in [1.54, 1.807) is 43.4 Å². The first-order chi connectivity index (χ1) is 21.3. The molecule has 0 spiro atoms. The highest BCUT2D eigenvalue weighted by atomic mass is 16.5. The molecule has 4 unspecified atom stereocenters. The van der Waals surface area contributed by atoms with Crippen LogP contribution in [0.4, 0.5) is 0 Å². The first-order valence-electron chi connectivity index (χ1n) is 15.0. The van der Waals surface area contributed by atoms with Crippen LogP contribution in [0.3, 0.4) is 0 Å². The summed E-state index contributed by atoms with van der Waals surface area (Å²) in [4.78, 5) is 41.1. The van der Waals surface area contributed by atoms with Gasteiger partial charge in [-0.3, -0.25) is 14.4 Å². The van der Waals surface area contributed by atoms with Gasteiger partial charge >= 0.3 is 0 Å². The summed E-state index contributed by atoms with van der Waals surface area (Å²) in [6, 6.07) is 7.76. The number of rotatable bonds is 12. The Morgan fingerprint density at radius 2 is 1.82 bits per heavy atom. The SMILES string of the molecule is COc1ccc(OC)c(CCN(C(=O)C2CCCC2)C2C=C(C(=O)NCCO)C3c4cc(C=O)cc(OC)c4OC3C2O)c1. The van der Waals surface area contributed by atoms with Crippen LogP contribution in [0.15, 0.2) is 42.0 Å². The minimum Gasteiger partial charge on any atom is -0.497 e. The average Bonchev–Trinajstić information content (AvgIpc) is 3.73. The monoisotopic (exact) mass is 608 g/mol. The number of fused-ring (bicyclic) bond motifs is 3. The fraction of sp³-hybridized carbons (Fsp3) is 0.485. The number of aliphatic hydroxyl groups is 2. The van der Waals surface area contributed by atoms with E-state index in [-0.39, 0.29) is 37.1 Å². The highest BCUT2D eigenvalue weighted by molar-refractivity contribution is 5.96. The zero-order chi connectivity index (χ0) is 31.4. The van der Waals surface area contributed by atoms with Crippen molar-refractivity contribution < 1.29 is 43.5 Å². The van der Waals surface area contributed by atoms with Gasteiger partial charge < -0.3 is 39.4 Å². The van der Waals surface area contributed by atoms with Crippen LogP contribution in [0.1, 0.15) is 53.1 Å². The largest absolute Gasteiger partial charge is 0.497 e. The Kier molecular flexibility index (Phi) is 9.75. The Labute approximate surface area is 256 Å². The molecule has 3 N–H and O–H groups in total. The summed E-state index contributed by atoms with van der Waals surface area (Å²) in [6.07, 6.45) is 4.02. The van der Waals surface area contributed by atoms with E-state index in [2.05, 4.69) is 5.32 Å². The van der Waals surface area contributed by atoms with E-state index in [0.717, 1.165) is 31.2 Å². The lowest BCUT2D eigenvalue weighted by atomic mass is 9.77. The lowest BCUT2D eigenvalue weighted by Crippen LogP contribution is -2.57. The number of benzene rings is 2. The number of methoxy groups -OCH3 is 3. The second-order valence-corrected chi connectivity index (χ2v) is 11.3. The van der Waals surface area contributed by atoms with E-state index in [4.69, 9.17) is 18.9 Å². The molecule has 236 valence electrons. The molecule has 0 saturated heterocycles. The number of hydrogen-bond donors (Lipinski definition) is 3. The maximum absolute atomic E-state index is 14.1. The number of ether oxygens (including phenoxy) is 4. The Hall–Kier alpha value is -4.09. The number of nitrogens with zero attached hydrogens (tertiary/aromatic N) is 1. The summed E-state index contributed by atoms with van der Waals surface area (Å²) in [6.45, 7) is 0.00213. The molecule has 1 saturated carbocycles. The molecule has 5 rings (SSSR count). The van der Waals surface area contributed by atoms with E-state index >= 15 is 0 Å². The molecule has 1 aliphatic heterocycles. The molecule has 2 aliphatic carbocycles. The van der Waals surface area contributed by atoms with Crippen molar-refractivity contribution in [2.45, 2.75) is 56.3 Å². The van der Waals surface area contributed by atoms with Crippen LogP contribution in [0.25, 0.3) is 0 Å². The Morgan fingerprint density at radius 1 is 1.07 bits per heavy atom. The van der Waals surface area contributed by atoms with Crippen LogP contribution in [0.2, 0.25) is 0 Å². The van der Waals surface area contributed by atoms with Gasteiger partial charge in [0.25, 0.3) is 0 Å². The smallest absolute Gasteiger partial charge is 0.247 e. The van der Waals surface area contributed by atoms with Gasteiger partial charge in [-0.1, -0.05) is 12.8 Å². The van der Waals surface area contributed by atoms with E-state index in [9.17, 15) is 24.6 Å². The topological polar surface area (TPSA) is 144 Å². The van der Waals surface area contributed by atoms with Crippen molar-refractivity contribution in [3.63, 3.8) is 0 Å². The minimum atomic E-state index is -1.20. The van der Waals surface area contributed by atoms with E-state index in [0.29, 0.717) is 46.8 Å². The Morgan fingerprint density at radius 3 is 2.48 bits per heavy atom. The van der Waals surface area contributed by atoms with E-state index < -0.39 is 30.1 Å². The van der Waals surface area contributed by atoms with E-state index in [1.165, 1.54) is 7.11 Å². The summed E-state index contributed by atoms with van der Waals surface area (Å²) in [7, 11) is 4.61. The number of aliphatic hydroxyl groups excluding tert-OH is 2. The van der Waals surface area contributed by atoms with Crippen molar-refractivity contribution in [3.8, 4) is 23.0 Å². The average molecular weight is 609 g/mol. The van der Waals surface area contributed by atoms with Crippen molar-refractivity contribution in [1.82, 2.24) is 10.2 Å². The van der Waals surface area contributed by atoms with Crippen LogP contribution in [0.5, 0.6) is 23.0 Å². The zero-order valence-electron chi connectivity index (χ0n) is 25.3. The highest BCUT2D eigenvalue weighted by Gasteiger charge is 2.52. The van der Waals surface area contributed by atoms with Crippen molar-refractivity contribution in [3.05, 3.63) is 58.7 Å². The quantitative estimate of drug-likeness (QED) is 0.310. The Bertz CT molecular complexity index is 1420.